The highest BCUT2D eigenvalue weighted by Gasteiger charge is 2.23. The molecule has 0 saturated carbocycles. The Hall–Kier alpha value is -2.69. The van der Waals surface area contributed by atoms with Crippen LogP contribution in [0, 0.1) is 5.82 Å². The molecule has 2 atom stereocenters. The molecule has 132 valence electrons. The number of anilines is 1. The zero-order valence-corrected chi connectivity index (χ0v) is 14.3. The maximum absolute atomic E-state index is 13.0. The number of carboxylic acid groups (broad SMARTS) is 1. The van der Waals surface area contributed by atoms with Crippen molar-refractivity contribution in [3.8, 4) is 0 Å². The molecule has 0 heterocycles. The van der Waals surface area contributed by atoms with Crippen LogP contribution in [0.1, 0.15) is 49.7 Å². The first-order chi connectivity index (χ1) is 11.9. The molecule has 0 spiro atoms. The topological polar surface area (TPSA) is 66.4 Å². The van der Waals surface area contributed by atoms with Gasteiger partial charge < -0.3 is 10.4 Å². The van der Waals surface area contributed by atoms with Gasteiger partial charge in [0.05, 0.1) is 5.92 Å². The van der Waals surface area contributed by atoms with E-state index < -0.39 is 23.6 Å². The Labute approximate surface area is 146 Å². The number of carboxylic acids is 1. The first kappa shape index (κ1) is 18.6. The maximum atomic E-state index is 13.0. The molecule has 0 aromatic heterocycles. The summed E-state index contributed by atoms with van der Waals surface area (Å²) >= 11 is 0. The lowest BCUT2D eigenvalue weighted by atomic mass is 9.95. The average Bonchev–Trinajstić information content (AvgIpc) is 2.60. The van der Waals surface area contributed by atoms with Gasteiger partial charge in [0.15, 0.2) is 0 Å². The maximum Gasteiger partial charge on any atom is 0.311 e. The Bertz CT molecular complexity index is 726. The van der Waals surface area contributed by atoms with E-state index in [-0.39, 0.29) is 6.42 Å². The van der Waals surface area contributed by atoms with Gasteiger partial charge in [0.1, 0.15) is 5.82 Å². The molecule has 5 heteroatoms. The van der Waals surface area contributed by atoms with Gasteiger partial charge in [-0.25, -0.2) is 4.39 Å². The summed E-state index contributed by atoms with van der Waals surface area (Å²) in [5, 5.41) is 12.1. The lowest BCUT2D eigenvalue weighted by molar-refractivity contribution is -0.140. The molecule has 2 aromatic carbocycles. The van der Waals surface area contributed by atoms with Gasteiger partial charge in [-0.15, -0.1) is 0 Å². The van der Waals surface area contributed by atoms with E-state index in [1.54, 1.807) is 0 Å². The Morgan fingerprint density at radius 3 is 2.12 bits per heavy atom. The van der Waals surface area contributed by atoms with E-state index in [2.05, 4.69) is 19.2 Å². The first-order valence-electron chi connectivity index (χ1n) is 8.28. The minimum Gasteiger partial charge on any atom is -0.481 e. The smallest absolute Gasteiger partial charge is 0.311 e. The van der Waals surface area contributed by atoms with Crippen LogP contribution in [-0.4, -0.2) is 17.0 Å². The van der Waals surface area contributed by atoms with Gasteiger partial charge in [-0.2, -0.15) is 0 Å². The Balaban J connectivity index is 2.04. The van der Waals surface area contributed by atoms with E-state index >= 15 is 0 Å². The zero-order chi connectivity index (χ0) is 18.4. The minimum absolute atomic E-state index is 0.214. The summed E-state index contributed by atoms with van der Waals surface area (Å²) in [4.78, 5) is 23.6. The summed E-state index contributed by atoms with van der Waals surface area (Å²) in [5.41, 5.74) is 2.21. The highest BCUT2D eigenvalue weighted by molar-refractivity contribution is 5.94. The van der Waals surface area contributed by atoms with Crippen LogP contribution in [0.4, 0.5) is 10.1 Å². The number of hydrogen-bond acceptors (Lipinski definition) is 2. The number of nitrogens with one attached hydrogen (secondary N) is 1. The van der Waals surface area contributed by atoms with E-state index in [0.29, 0.717) is 17.2 Å². The fourth-order valence-corrected chi connectivity index (χ4v) is 2.57. The molecule has 2 N–H and O–H groups in total. The number of carbonyl (C=O) groups is 2. The van der Waals surface area contributed by atoms with E-state index in [4.69, 9.17) is 0 Å². The van der Waals surface area contributed by atoms with E-state index in [1.807, 2.05) is 24.3 Å². The van der Waals surface area contributed by atoms with Crippen molar-refractivity contribution in [3.05, 3.63) is 65.5 Å². The largest absolute Gasteiger partial charge is 0.481 e. The Morgan fingerprint density at radius 2 is 1.60 bits per heavy atom. The summed E-state index contributed by atoms with van der Waals surface area (Å²) in [5.74, 6) is -2.53. The number of amides is 1. The number of aliphatic carboxylic acids is 1. The van der Waals surface area contributed by atoms with Crippen molar-refractivity contribution in [1.29, 1.82) is 0 Å². The highest BCUT2D eigenvalue weighted by Crippen LogP contribution is 2.23. The monoisotopic (exact) mass is 343 g/mol. The van der Waals surface area contributed by atoms with Crippen molar-refractivity contribution in [3.63, 3.8) is 0 Å². The van der Waals surface area contributed by atoms with Crippen LogP contribution >= 0.6 is 0 Å². The molecule has 0 bridgehead atoms. The van der Waals surface area contributed by atoms with Gasteiger partial charge >= 0.3 is 5.97 Å². The van der Waals surface area contributed by atoms with Crippen LogP contribution < -0.4 is 5.32 Å². The minimum atomic E-state index is -1.12. The molecule has 0 aliphatic carbocycles. The third-order valence-electron chi connectivity index (χ3n) is 4.34. The van der Waals surface area contributed by atoms with Gasteiger partial charge in [-0.1, -0.05) is 38.1 Å². The lowest BCUT2D eigenvalue weighted by Gasteiger charge is -2.14. The second-order valence-corrected chi connectivity index (χ2v) is 6.13. The highest BCUT2D eigenvalue weighted by atomic mass is 19.1. The van der Waals surface area contributed by atoms with Gasteiger partial charge in [-0.3, -0.25) is 9.59 Å². The molecule has 0 fully saturated rings. The normalized spacial score (nSPS) is 13.1. The average molecular weight is 343 g/mol. The van der Waals surface area contributed by atoms with Crippen LogP contribution in [-0.2, 0) is 9.59 Å². The van der Waals surface area contributed by atoms with Crippen molar-refractivity contribution in [2.24, 2.45) is 0 Å². The van der Waals surface area contributed by atoms with Gasteiger partial charge in [0, 0.05) is 12.1 Å². The number of rotatable bonds is 7. The molecule has 0 saturated heterocycles. The molecular formula is C20H22FNO3. The lowest BCUT2D eigenvalue weighted by Crippen LogP contribution is -2.21. The van der Waals surface area contributed by atoms with Gasteiger partial charge in [0.25, 0.3) is 0 Å². The number of benzene rings is 2. The summed E-state index contributed by atoms with van der Waals surface area (Å²) < 4.78 is 13.0. The molecule has 0 aliphatic rings. The van der Waals surface area contributed by atoms with Crippen LogP contribution in [0.2, 0.25) is 0 Å². The van der Waals surface area contributed by atoms with Crippen molar-refractivity contribution < 1.29 is 19.1 Å². The second-order valence-electron chi connectivity index (χ2n) is 6.13. The number of halogens is 1. The Morgan fingerprint density at radius 1 is 1.04 bits per heavy atom. The summed E-state index contributed by atoms with van der Waals surface area (Å²) in [6.45, 7) is 4.25. The molecule has 2 rings (SSSR count). The van der Waals surface area contributed by atoms with E-state index in [9.17, 15) is 19.1 Å². The van der Waals surface area contributed by atoms with Gasteiger partial charge in [-0.05, 0) is 47.7 Å². The van der Waals surface area contributed by atoms with Crippen LogP contribution in [0.3, 0.4) is 0 Å². The van der Waals surface area contributed by atoms with Gasteiger partial charge in [0.2, 0.25) is 5.91 Å². The third-order valence-corrected chi connectivity index (χ3v) is 4.34. The SMILES string of the molecule is CC[C@@H](C)c1ccc(NC(=O)C[C@@H](C(=O)O)c2ccc(F)cc2)cc1. The zero-order valence-electron chi connectivity index (χ0n) is 14.3. The summed E-state index contributed by atoms with van der Waals surface area (Å²) in [6.07, 6.45) is 0.817. The number of hydrogen-bond donors (Lipinski definition) is 2. The molecule has 1 amide bonds. The molecule has 0 unspecified atom stereocenters. The van der Waals surface area contributed by atoms with Crippen LogP contribution in [0.15, 0.2) is 48.5 Å². The fourth-order valence-electron chi connectivity index (χ4n) is 2.57. The quantitative estimate of drug-likeness (QED) is 0.776. The Kier molecular flexibility index (Phi) is 6.28. The summed E-state index contributed by atoms with van der Waals surface area (Å²) in [7, 11) is 0. The predicted octanol–water partition coefficient (Wildman–Crippen LogP) is 4.54. The summed E-state index contributed by atoms with van der Waals surface area (Å²) in [6, 6.07) is 12.7. The molecule has 4 nitrogen and oxygen atoms in total. The fraction of sp³-hybridized carbons (Fsp3) is 0.300. The molecular weight excluding hydrogens is 321 g/mol. The molecule has 0 radical (unpaired) electrons. The van der Waals surface area contributed by atoms with Crippen molar-refractivity contribution >= 4 is 17.6 Å². The molecule has 0 aliphatic heterocycles. The van der Waals surface area contributed by atoms with Crippen LogP contribution in [0.25, 0.3) is 0 Å². The van der Waals surface area contributed by atoms with Crippen molar-refractivity contribution in [2.45, 2.75) is 38.5 Å². The van der Waals surface area contributed by atoms with E-state index in [1.165, 1.54) is 29.8 Å². The first-order valence-corrected chi connectivity index (χ1v) is 8.28. The standard InChI is InChI=1S/C20H22FNO3/c1-3-13(2)14-6-10-17(11-7-14)22-19(23)12-18(20(24)25)15-4-8-16(21)9-5-15/h4-11,13,18H,3,12H2,1-2H3,(H,22,23)(H,24,25)/t13-,18-/m1/s1. The number of carbonyl (C=O) groups excluding carboxylic acids is 1. The van der Waals surface area contributed by atoms with Crippen LogP contribution in [0.5, 0.6) is 0 Å². The predicted molar refractivity (Wildman–Crippen MR) is 95.2 cm³/mol. The van der Waals surface area contributed by atoms with E-state index in [0.717, 1.165) is 6.42 Å². The molecule has 2 aromatic rings. The molecule has 25 heavy (non-hydrogen) atoms. The third kappa shape index (κ3) is 5.14. The van der Waals surface area contributed by atoms with Crippen molar-refractivity contribution in [1.82, 2.24) is 0 Å². The van der Waals surface area contributed by atoms with Crippen molar-refractivity contribution in [2.75, 3.05) is 5.32 Å². The second kappa shape index (κ2) is 8.42.